The Morgan fingerprint density at radius 2 is 1.83 bits per heavy atom. The summed E-state index contributed by atoms with van der Waals surface area (Å²) in [5, 5.41) is 4.17. The van der Waals surface area contributed by atoms with Crippen molar-refractivity contribution >= 4 is 11.9 Å². The van der Waals surface area contributed by atoms with Gasteiger partial charge in [-0.25, -0.2) is 0 Å². The highest BCUT2D eigenvalue weighted by Gasteiger charge is 2.14. The van der Waals surface area contributed by atoms with Crippen LogP contribution in [0.4, 0.5) is 5.69 Å². The van der Waals surface area contributed by atoms with Gasteiger partial charge in [-0.1, -0.05) is 47.6 Å². The van der Waals surface area contributed by atoms with Crippen LogP contribution in [0.5, 0.6) is 0 Å². The largest absolute Gasteiger partial charge is 0.380 e. The maximum atomic E-state index is 5.57. The first-order chi connectivity index (χ1) is 14.7. The van der Waals surface area contributed by atoms with Crippen LogP contribution in [0, 0.1) is 6.92 Å². The van der Waals surface area contributed by atoms with Crippen molar-refractivity contribution in [2.24, 2.45) is 4.99 Å². The molecule has 0 bridgehead atoms. The molecule has 0 aliphatic heterocycles. The molecule has 0 fully saturated rings. The zero-order valence-electron chi connectivity index (χ0n) is 17.3. The Kier molecular flexibility index (Phi) is 5.82. The van der Waals surface area contributed by atoms with Crippen molar-refractivity contribution in [3.63, 3.8) is 0 Å². The standard InChI is InChI=1S/C25H23N3O2/c1-4-26-21-10-7-9-18(15-21)24-27-25(30-28-24)19-12-13-23(20(14-19)16-29-3)22-11-6-5-8-17(22)2/h4-15H,16H2,1-3H3. The van der Waals surface area contributed by atoms with Crippen molar-refractivity contribution in [2.45, 2.75) is 20.5 Å². The molecule has 0 saturated carbocycles. The molecule has 30 heavy (non-hydrogen) atoms. The molecule has 0 unspecified atom stereocenters. The summed E-state index contributed by atoms with van der Waals surface area (Å²) in [6, 6.07) is 22.2. The topological polar surface area (TPSA) is 60.5 Å². The van der Waals surface area contributed by atoms with E-state index in [0.29, 0.717) is 18.3 Å². The quantitative estimate of drug-likeness (QED) is 0.361. The van der Waals surface area contributed by atoms with Crippen LogP contribution in [0.2, 0.25) is 0 Å². The van der Waals surface area contributed by atoms with Crippen molar-refractivity contribution < 1.29 is 9.26 Å². The summed E-state index contributed by atoms with van der Waals surface area (Å²) >= 11 is 0. The molecule has 3 aromatic carbocycles. The van der Waals surface area contributed by atoms with Crippen LogP contribution in [0.25, 0.3) is 34.0 Å². The van der Waals surface area contributed by atoms with E-state index in [-0.39, 0.29) is 0 Å². The van der Waals surface area contributed by atoms with Crippen LogP contribution in [-0.4, -0.2) is 23.5 Å². The number of aryl methyl sites for hydroxylation is 1. The number of benzene rings is 3. The van der Waals surface area contributed by atoms with E-state index in [1.165, 1.54) is 11.1 Å². The summed E-state index contributed by atoms with van der Waals surface area (Å²) in [5.41, 5.74) is 7.20. The number of methoxy groups -OCH3 is 1. The Morgan fingerprint density at radius 1 is 0.967 bits per heavy atom. The average molecular weight is 397 g/mol. The third-order valence-electron chi connectivity index (χ3n) is 4.90. The van der Waals surface area contributed by atoms with Gasteiger partial charge in [0.25, 0.3) is 5.89 Å². The molecule has 150 valence electrons. The van der Waals surface area contributed by atoms with Gasteiger partial charge in [0.2, 0.25) is 5.82 Å². The molecule has 0 radical (unpaired) electrons. The lowest BCUT2D eigenvalue weighted by atomic mass is 9.94. The smallest absolute Gasteiger partial charge is 0.258 e. The van der Waals surface area contributed by atoms with Crippen LogP contribution in [0.3, 0.4) is 0 Å². The molecule has 5 nitrogen and oxygen atoms in total. The minimum Gasteiger partial charge on any atom is -0.380 e. The van der Waals surface area contributed by atoms with E-state index in [1.807, 2.05) is 49.4 Å². The molecule has 4 rings (SSSR count). The Balaban J connectivity index is 1.71. The van der Waals surface area contributed by atoms with E-state index < -0.39 is 0 Å². The highest BCUT2D eigenvalue weighted by Crippen LogP contribution is 2.32. The summed E-state index contributed by atoms with van der Waals surface area (Å²) < 4.78 is 11.0. The minimum atomic E-state index is 0.475. The molecule has 0 atom stereocenters. The summed E-state index contributed by atoms with van der Waals surface area (Å²) in [6.45, 7) is 4.49. The first kappa shape index (κ1) is 19.7. The van der Waals surface area contributed by atoms with Crippen molar-refractivity contribution in [1.29, 1.82) is 0 Å². The Morgan fingerprint density at radius 3 is 2.63 bits per heavy atom. The highest BCUT2D eigenvalue weighted by atomic mass is 16.5. The van der Waals surface area contributed by atoms with Crippen molar-refractivity contribution in [3.8, 4) is 34.0 Å². The predicted molar refractivity (Wildman–Crippen MR) is 120 cm³/mol. The second kappa shape index (κ2) is 8.84. The second-order valence-electron chi connectivity index (χ2n) is 6.98. The van der Waals surface area contributed by atoms with Crippen LogP contribution < -0.4 is 0 Å². The van der Waals surface area contributed by atoms with E-state index in [4.69, 9.17) is 9.26 Å². The summed E-state index contributed by atoms with van der Waals surface area (Å²) in [7, 11) is 1.70. The van der Waals surface area contributed by atoms with Crippen molar-refractivity contribution in [3.05, 3.63) is 77.9 Å². The Hall–Kier alpha value is -3.57. The van der Waals surface area contributed by atoms with Gasteiger partial charge >= 0.3 is 0 Å². The van der Waals surface area contributed by atoms with Gasteiger partial charge in [-0.05, 0) is 60.4 Å². The van der Waals surface area contributed by atoms with Crippen LogP contribution in [-0.2, 0) is 11.3 Å². The molecule has 5 heteroatoms. The maximum Gasteiger partial charge on any atom is 0.258 e. The van der Waals surface area contributed by atoms with Gasteiger partial charge in [-0.15, -0.1) is 0 Å². The van der Waals surface area contributed by atoms with Gasteiger partial charge in [0, 0.05) is 24.5 Å². The van der Waals surface area contributed by atoms with Crippen LogP contribution >= 0.6 is 0 Å². The third kappa shape index (κ3) is 4.07. The van der Waals surface area contributed by atoms with E-state index in [2.05, 4.69) is 46.3 Å². The zero-order valence-corrected chi connectivity index (χ0v) is 17.3. The first-order valence-corrected chi connectivity index (χ1v) is 9.80. The lowest BCUT2D eigenvalue weighted by molar-refractivity contribution is 0.185. The fraction of sp³-hybridized carbons (Fsp3) is 0.160. The number of rotatable bonds is 6. The number of nitrogens with zero attached hydrogens (tertiary/aromatic N) is 3. The number of aromatic nitrogens is 2. The van der Waals surface area contributed by atoms with Gasteiger partial charge in [-0.2, -0.15) is 4.98 Å². The van der Waals surface area contributed by atoms with Crippen LogP contribution in [0.1, 0.15) is 18.1 Å². The van der Waals surface area contributed by atoms with Gasteiger partial charge in [0.1, 0.15) is 0 Å². The molecule has 1 aromatic heterocycles. The number of ether oxygens (including phenoxy) is 1. The van der Waals surface area contributed by atoms with Gasteiger partial charge in [0.05, 0.1) is 12.3 Å². The Labute approximate surface area is 176 Å². The average Bonchev–Trinajstić information content (AvgIpc) is 3.25. The third-order valence-corrected chi connectivity index (χ3v) is 4.90. The molecule has 0 saturated heterocycles. The molecule has 1 heterocycles. The van der Waals surface area contributed by atoms with Gasteiger partial charge in [-0.3, -0.25) is 4.99 Å². The number of aliphatic imine (C=N–C) groups is 1. The van der Waals surface area contributed by atoms with E-state index in [1.54, 1.807) is 13.3 Å². The van der Waals surface area contributed by atoms with E-state index >= 15 is 0 Å². The first-order valence-electron chi connectivity index (χ1n) is 9.80. The zero-order chi connectivity index (χ0) is 20.9. The van der Waals surface area contributed by atoms with E-state index in [0.717, 1.165) is 27.9 Å². The molecule has 0 spiro atoms. The molecule has 0 aliphatic carbocycles. The van der Waals surface area contributed by atoms with Crippen molar-refractivity contribution in [1.82, 2.24) is 10.1 Å². The molecular formula is C25H23N3O2. The van der Waals surface area contributed by atoms with Gasteiger partial charge < -0.3 is 9.26 Å². The molecule has 0 amide bonds. The summed E-state index contributed by atoms with van der Waals surface area (Å²) in [6.07, 6.45) is 1.76. The number of hydrogen-bond donors (Lipinski definition) is 0. The predicted octanol–water partition coefficient (Wildman–Crippen LogP) is 6.25. The normalized spacial score (nSPS) is 11.3. The maximum absolute atomic E-state index is 5.57. The lowest BCUT2D eigenvalue weighted by Crippen LogP contribution is -1.95. The molecule has 0 aliphatic rings. The molecule has 0 N–H and O–H groups in total. The van der Waals surface area contributed by atoms with Gasteiger partial charge in [0.15, 0.2) is 0 Å². The van der Waals surface area contributed by atoms with E-state index in [9.17, 15) is 0 Å². The minimum absolute atomic E-state index is 0.475. The number of hydrogen-bond acceptors (Lipinski definition) is 5. The summed E-state index contributed by atoms with van der Waals surface area (Å²) in [5.74, 6) is 1.01. The summed E-state index contributed by atoms with van der Waals surface area (Å²) in [4.78, 5) is 8.91. The van der Waals surface area contributed by atoms with Crippen LogP contribution in [0.15, 0.2) is 76.2 Å². The lowest BCUT2D eigenvalue weighted by Gasteiger charge is -2.12. The molecular weight excluding hydrogens is 374 g/mol. The second-order valence-corrected chi connectivity index (χ2v) is 6.98. The van der Waals surface area contributed by atoms with Crippen molar-refractivity contribution in [2.75, 3.05) is 7.11 Å². The fourth-order valence-electron chi connectivity index (χ4n) is 3.47. The monoisotopic (exact) mass is 397 g/mol. The fourth-order valence-corrected chi connectivity index (χ4v) is 3.47. The molecule has 4 aromatic rings. The highest BCUT2D eigenvalue weighted by molar-refractivity contribution is 5.74. The Bertz CT molecular complexity index is 1190. The SMILES string of the molecule is CC=Nc1cccc(-c2noc(-c3ccc(-c4ccccc4C)c(COC)c3)n2)c1.